The molecular formula is C12H19FN2O3S. The van der Waals surface area contributed by atoms with Crippen LogP contribution in [0, 0.1) is 12.7 Å². The molecule has 0 spiro atoms. The molecule has 1 rings (SSSR count). The molecule has 1 atom stereocenters. The third-order valence-electron chi connectivity index (χ3n) is 2.51. The lowest BCUT2D eigenvalue weighted by atomic mass is 10.2. The van der Waals surface area contributed by atoms with Gasteiger partial charge < -0.3 is 10.5 Å². The van der Waals surface area contributed by atoms with Crippen LogP contribution in [0.15, 0.2) is 17.0 Å². The Hall–Kier alpha value is -1.18. The normalized spacial score (nSPS) is 13.5. The fourth-order valence-electron chi connectivity index (χ4n) is 1.62. The number of nitrogen functional groups attached to an aromatic ring is 1. The number of anilines is 1. The molecule has 0 amide bonds. The van der Waals surface area contributed by atoms with Crippen LogP contribution in [0.25, 0.3) is 0 Å². The number of sulfonamides is 1. The van der Waals surface area contributed by atoms with Gasteiger partial charge in [-0.3, -0.25) is 0 Å². The summed E-state index contributed by atoms with van der Waals surface area (Å²) in [5.41, 5.74) is 5.52. The third kappa shape index (κ3) is 4.15. The van der Waals surface area contributed by atoms with Gasteiger partial charge in [0.05, 0.1) is 17.2 Å². The molecule has 5 nitrogen and oxygen atoms in total. The van der Waals surface area contributed by atoms with Crippen LogP contribution >= 0.6 is 0 Å². The Morgan fingerprint density at radius 2 is 2.11 bits per heavy atom. The molecule has 0 aliphatic carbocycles. The monoisotopic (exact) mass is 290 g/mol. The van der Waals surface area contributed by atoms with Gasteiger partial charge in [-0.05, 0) is 38.5 Å². The summed E-state index contributed by atoms with van der Waals surface area (Å²) in [6, 6.07) is 1.85. The second-order valence-electron chi connectivity index (χ2n) is 4.32. The summed E-state index contributed by atoms with van der Waals surface area (Å²) in [6.45, 7) is 5.81. The number of benzene rings is 1. The van der Waals surface area contributed by atoms with Crippen LogP contribution in [-0.2, 0) is 14.8 Å². The average molecular weight is 290 g/mol. The van der Waals surface area contributed by atoms with E-state index in [1.54, 1.807) is 6.92 Å². The number of aryl methyl sites for hydroxylation is 1. The highest BCUT2D eigenvalue weighted by Crippen LogP contribution is 2.21. The van der Waals surface area contributed by atoms with E-state index in [0.29, 0.717) is 12.2 Å². The molecule has 3 N–H and O–H groups in total. The van der Waals surface area contributed by atoms with Crippen molar-refractivity contribution in [2.75, 3.05) is 18.9 Å². The molecule has 0 saturated carbocycles. The van der Waals surface area contributed by atoms with Crippen LogP contribution < -0.4 is 10.5 Å². The zero-order valence-electron chi connectivity index (χ0n) is 11.2. The summed E-state index contributed by atoms with van der Waals surface area (Å²) in [6.07, 6.45) is 0. The molecule has 108 valence electrons. The van der Waals surface area contributed by atoms with E-state index in [1.165, 1.54) is 6.92 Å². The van der Waals surface area contributed by atoms with E-state index < -0.39 is 15.8 Å². The van der Waals surface area contributed by atoms with Crippen molar-refractivity contribution in [1.82, 2.24) is 4.72 Å². The SMILES string of the molecule is CCOCC(C)NS(=O)(=O)c1cc(N)c(F)cc1C. The van der Waals surface area contributed by atoms with E-state index in [1.807, 2.05) is 6.92 Å². The van der Waals surface area contributed by atoms with Gasteiger partial charge >= 0.3 is 0 Å². The van der Waals surface area contributed by atoms with Crippen molar-refractivity contribution in [3.05, 3.63) is 23.5 Å². The Balaban J connectivity index is 2.98. The minimum absolute atomic E-state index is 0.0188. The Labute approximate surface area is 113 Å². The number of hydrogen-bond donors (Lipinski definition) is 2. The maximum atomic E-state index is 13.2. The first-order chi connectivity index (χ1) is 8.77. The second-order valence-corrected chi connectivity index (χ2v) is 6.00. The predicted octanol–water partition coefficient (Wildman–Crippen LogP) is 1.42. The number of halogens is 1. The van der Waals surface area contributed by atoms with Crippen LogP contribution in [0.3, 0.4) is 0 Å². The van der Waals surface area contributed by atoms with Gasteiger partial charge in [0.25, 0.3) is 0 Å². The van der Waals surface area contributed by atoms with Crippen LogP contribution in [0.4, 0.5) is 10.1 Å². The van der Waals surface area contributed by atoms with Crippen molar-refractivity contribution < 1.29 is 17.5 Å². The molecule has 0 heterocycles. The van der Waals surface area contributed by atoms with Crippen LogP contribution in [0.1, 0.15) is 19.4 Å². The standard InChI is InChI=1S/C12H19FN2O3S/c1-4-18-7-9(3)15-19(16,17)12-6-11(14)10(13)5-8(12)2/h5-6,9,15H,4,7,14H2,1-3H3. The van der Waals surface area contributed by atoms with Crippen LogP contribution in [0.5, 0.6) is 0 Å². The number of rotatable bonds is 6. The van der Waals surface area contributed by atoms with Crippen molar-refractivity contribution in [3.8, 4) is 0 Å². The number of hydrogen-bond acceptors (Lipinski definition) is 4. The van der Waals surface area contributed by atoms with Crippen LogP contribution in [0.2, 0.25) is 0 Å². The Morgan fingerprint density at radius 1 is 1.47 bits per heavy atom. The summed E-state index contributed by atoms with van der Waals surface area (Å²) in [5.74, 6) is -0.626. The third-order valence-corrected chi connectivity index (χ3v) is 4.24. The average Bonchev–Trinajstić information content (AvgIpc) is 2.30. The molecule has 0 bridgehead atoms. The van der Waals surface area contributed by atoms with Crippen molar-refractivity contribution in [1.29, 1.82) is 0 Å². The Kier molecular flexibility index (Phi) is 5.28. The molecule has 0 fully saturated rings. The van der Waals surface area contributed by atoms with Crippen molar-refractivity contribution in [2.24, 2.45) is 0 Å². The van der Waals surface area contributed by atoms with Gasteiger partial charge in [0.1, 0.15) is 5.82 Å². The zero-order valence-corrected chi connectivity index (χ0v) is 12.1. The molecule has 1 aromatic carbocycles. The maximum absolute atomic E-state index is 13.2. The lowest BCUT2D eigenvalue weighted by molar-refractivity contribution is 0.133. The van der Waals surface area contributed by atoms with E-state index in [9.17, 15) is 12.8 Å². The first kappa shape index (κ1) is 15.9. The summed E-state index contributed by atoms with van der Waals surface area (Å²) in [5, 5.41) is 0. The summed E-state index contributed by atoms with van der Waals surface area (Å²) in [7, 11) is -3.74. The van der Waals surface area contributed by atoms with Gasteiger partial charge in [-0.15, -0.1) is 0 Å². The first-order valence-corrected chi connectivity index (χ1v) is 7.42. The molecule has 0 aliphatic rings. The van der Waals surface area contributed by atoms with Crippen molar-refractivity contribution in [3.63, 3.8) is 0 Å². The molecule has 7 heteroatoms. The first-order valence-electron chi connectivity index (χ1n) is 5.93. The minimum Gasteiger partial charge on any atom is -0.396 e. The van der Waals surface area contributed by atoms with Gasteiger partial charge in [0.2, 0.25) is 10.0 Å². The summed E-state index contributed by atoms with van der Waals surface area (Å²) < 4.78 is 45.1. The lowest BCUT2D eigenvalue weighted by Crippen LogP contribution is -2.36. The highest BCUT2D eigenvalue weighted by atomic mass is 32.2. The number of nitrogens with two attached hydrogens (primary N) is 1. The fraction of sp³-hybridized carbons (Fsp3) is 0.500. The van der Waals surface area contributed by atoms with Gasteiger partial charge in [0, 0.05) is 12.6 Å². The molecular weight excluding hydrogens is 271 g/mol. The van der Waals surface area contributed by atoms with E-state index >= 15 is 0 Å². The molecule has 0 radical (unpaired) electrons. The second kappa shape index (κ2) is 6.31. The highest BCUT2D eigenvalue weighted by Gasteiger charge is 2.21. The maximum Gasteiger partial charge on any atom is 0.241 e. The number of ether oxygens (including phenoxy) is 1. The van der Waals surface area contributed by atoms with Gasteiger partial charge in [-0.1, -0.05) is 0 Å². The lowest BCUT2D eigenvalue weighted by Gasteiger charge is -2.15. The van der Waals surface area contributed by atoms with Crippen LogP contribution in [-0.4, -0.2) is 27.7 Å². The molecule has 0 aromatic heterocycles. The molecule has 1 unspecified atom stereocenters. The minimum atomic E-state index is -3.74. The molecule has 0 saturated heterocycles. The van der Waals surface area contributed by atoms with Crippen molar-refractivity contribution >= 4 is 15.7 Å². The Bertz CT molecular complexity index is 546. The highest BCUT2D eigenvalue weighted by molar-refractivity contribution is 7.89. The van der Waals surface area contributed by atoms with Gasteiger partial charge in [-0.25, -0.2) is 17.5 Å². The largest absolute Gasteiger partial charge is 0.396 e. The molecule has 19 heavy (non-hydrogen) atoms. The van der Waals surface area contributed by atoms with E-state index in [-0.39, 0.29) is 23.2 Å². The Morgan fingerprint density at radius 3 is 2.68 bits per heavy atom. The van der Waals surface area contributed by atoms with E-state index in [0.717, 1.165) is 12.1 Å². The zero-order chi connectivity index (χ0) is 14.6. The predicted molar refractivity (Wildman–Crippen MR) is 71.8 cm³/mol. The van der Waals surface area contributed by atoms with E-state index in [4.69, 9.17) is 10.5 Å². The summed E-state index contributed by atoms with van der Waals surface area (Å²) >= 11 is 0. The smallest absolute Gasteiger partial charge is 0.241 e. The number of nitrogens with one attached hydrogen (secondary N) is 1. The molecule has 0 aliphatic heterocycles. The fourth-order valence-corrected chi connectivity index (χ4v) is 3.10. The quantitative estimate of drug-likeness (QED) is 0.776. The summed E-state index contributed by atoms with van der Waals surface area (Å²) in [4.78, 5) is -0.0188. The van der Waals surface area contributed by atoms with Crippen molar-refractivity contribution in [2.45, 2.75) is 31.7 Å². The molecule has 1 aromatic rings. The van der Waals surface area contributed by atoms with E-state index in [2.05, 4.69) is 4.72 Å². The van der Waals surface area contributed by atoms with Gasteiger partial charge in [-0.2, -0.15) is 0 Å². The van der Waals surface area contributed by atoms with Gasteiger partial charge in [0.15, 0.2) is 0 Å². The topological polar surface area (TPSA) is 81.4 Å².